The molecule has 4 aliphatic rings. The van der Waals surface area contributed by atoms with Crippen LogP contribution in [0.1, 0.15) is 71.6 Å². The van der Waals surface area contributed by atoms with Crippen molar-refractivity contribution in [3.05, 3.63) is 11.6 Å². The molecule has 0 saturated heterocycles. The van der Waals surface area contributed by atoms with Crippen LogP contribution in [0.5, 0.6) is 0 Å². The summed E-state index contributed by atoms with van der Waals surface area (Å²) in [5.41, 5.74) is 1.67. The lowest BCUT2D eigenvalue weighted by Crippen LogP contribution is -2.54. The molecule has 4 rings (SSSR count). The van der Waals surface area contributed by atoms with Crippen LogP contribution in [0.4, 0.5) is 0 Å². The van der Waals surface area contributed by atoms with Gasteiger partial charge in [-0.3, -0.25) is 0 Å². The maximum atomic E-state index is 10.4. The number of fused-ring (bicyclic) bond motifs is 5. The first-order valence-electron chi connectivity index (χ1n) is 10.7. The Kier molecular flexibility index (Phi) is 4.79. The van der Waals surface area contributed by atoms with Crippen LogP contribution in [0.25, 0.3) is 0 Å². The summed E-state index contributed by atoms with van der Waals surface area (Å²) in [6.07, 6.45) is 12.4. The lowest BCUT2D eigenvalue weighted by atomic mass is 9.47. The molecule has 3 heteroatoms. The van der Waals surface area contributed by atoms with E-state index in [1.807, 2.05) is 0 Å². The highest BCUT2D eigenvalue weighted by Gasteiger charge is 2.60. The van der Waals surface area contributed by atoms with E-state index in [9.17, 15) is 10.2 Å². The Morgan fingerprint density at radius 3 is 2.72 bits per heavy atom. The first-order chi connectivity index (χ1) is 12.0. The van der Waals surface area contributed by atoms with Gasteiger partial charge in [-0.05, 0) is 81.0 Å². The van der Waals surface area contributed by atoms with Crippen molar-refractivity contribution in [3.63, 3.8) is 0 Å². The van der Waals surface area contributed by atoms with E-state index in [0.717, 1.165) is 44.1 Å². The maximum Gasteiger partial charge on any atom is 0.0724 e. The Morgan fingerprint density at radius 2 is 1.96 bits per heavy atom. The first-order valence-corrected chi connectivity index (χ1v) is 10.7. The summed E-state index contributed by atoms with van der Waals surface area (Å²) in [6.45, 7) is 5.85. The first kappa shape index (κ1) is 18.0. The molecule has 142 valence electrons. The lowest BCUT2D eigenvalue weighted by molar-refractivity contribution is -0.109. The SMILES string of the molecule is CCCO[C@H]1CC[C@H]2[C@@H]3CCC4=C[C@@H](O)CC[C@]4(CO)[C@H]3CC[C@]12C. The number of aliphatic hydroxyl groups is 2. The zero-order valence-electron chi connectivity index (χ0n) is 16.0. The summed E-state index contributed by atoms with van der Waals surface area (Å²) in [5.74, 6) is 2.09. The monoisotopic (exact) mass is 348 g/mol. The molecular formula is C22H36O3. The van der Waals surface area contributed by atoms with Gasteiger partial charge in [0.15, 0.2) is 0 Å². The van der Waals surface area contributed by atoms with Crippen LogP contribution in [0.2, 0.25) is 0 Å². The Hall–Kier alpha value is -0.380. The van der Waals surface area contributed by atoms with E-state index in [4.69, 9.17) is 4.74 Å². The number of hydrogen-bond acceptors (Lipinski definition) is 3. The molecule has 3 saturated carbocycles. The van der Waals surface area contributed by atoms with Gasteiger partial charge in [-0.25, -0.2) is 0 Å². The zero-order valence-corrected chi connectivity index (χ0v) is 16.0. The fourth-order valence-corrected chi connectivity index (χ4v) is 7.29. The second kappa shape index (κ2) is 6.65. The molecular weight excluding hydrogens is 312 g/mol. The van der Waals surface area contributed by atoms with Gasteiger partial charge < -0.3 is 14.9 Å². The molecule has 0 aliphatic heterocycles. The third kappa shape index (κ3) is 2.64. The second-order valence-corrected chi connectivity index (χ2v) is 9.51. The molecule has 25 heavy (non-hydrogen) atoms. The van der Waals surface area contributed by atoms with Gasteiger partial charge in [0.25, 0.3) is 0 Å². The van der Waals surface area contributed by atoms with Crippen molar-refractivity contribution < 1.29 is 14.9 Å². The predicted molar refractivity (Wildman–Crippen MR) is 99.2 cm³/mol. The van der Waals surface area contributed by atoms with Gasteiger partial charge in [0.1, 0.15) is 0 Å². The van der Waals surface area contributed by atoms with Crippen LogP contribution in [0.3, 0.4) is 0 Å². The Balaban J connectivity index is 1.60. The molecule has 3 nitrogen and oxygen atoms in total. The zero-order chi connectivity index (χ0) is 17.7. The quantitative estimate of drug-likeness (QED) is 0.753. The van der Waals surface area contributed by atoms with Gasteiger partial charge in [-0.15, -0.1) is 0 Å². The summed E-state index contributed by atoms with van der Waals surface area (Å²) < 4.78 is 6.28. The molecule has 0 radical (unpaired) electrons. The minimum atomic E-state index is -0.293. The third-order valence-electron chi connectivity index (χ3n) is 8.53. The van der Waals surface area contributed by atoms with Crippen molar-refractivity contribution in [1.82, 2.24) is 0 Å². The molecule has 0 amide bonds. The molecule has 0 bridgehead atoms. The third-order valence-corrected chi connectivity index (χ3v) is 8.53. The van der Waals surface area contributed by atoms with Crippen LogP contribution < -0.4 is 0 Å². The largest absolute Gasteiger partial charge is 0.395 e. The van der Waals surface area contributed by atoms with E-state index in [-0.39, 0.29) is 18.1 Å². The van der Waals surface area contributed by atoms with Gasteiger partial charge in [-0.2, -0.15) is 0 Å². The molecule has 0 spiro atoms. The molecule has 0 unspecified atom stereocenters. The normalized spacial score (nSPS) is 49.1. The number of ether oxygens (including phenoxy) is 1. The van der Waals surface area contributed by atoms with E-state index >= 15 is 0 Å². The Bertz CT molecular complexity index is 529. The van der Waals surface area contributed by atoms with E-state index in [1.165, 1.54) is 37.7 Å². The van der Waals surface area contributed by atoms with Gasteiger partial charge >= 0.3 is 0 Å². The van der Waals surface area contributed by atoms with Crippen molar-refractivity contribution in [1.29, 1.82) is 0 Å². The highest BCUT2D eigenvalue weighted by atomic mass is 16.5. The highest BCUT2D eigenvalue weighted by molar-refractivity contribution is 5.26. The fourth-order valence-electron chi connectivity index (χ4n) is 7.29. The van der Waals surface area contributed by atoms with Crippen molar-refractivity contribution in [2.24, 2.45) is 28.6 Å². The van der Waals surface area contributed by atoms with Crippen LogP contribution >= 0.6 is 0 Å². The molecule has 4 aliphatic carbocycles. The molecule has 0 aromatic heterocycles. The van der Waals surface area contributed by atoms with Gasteiger partial charge in [-0.1, -0.05) is 25.5 Å². The van der Waals surface area contributed by atoms with E-state index < -0.39 is 0 Å². The molecule has 0 aromatic rings. The topological polar surface area (TPSA) is 49.7 Å². The number of aliphatic hydroxyl groups excluding tert-OH is 2. The summed E-state index contributed by atoms with van der Waals surface area (Å²) >= 11 is 0. The maximum absolute atomic E-state index is 10.4. The van der Waals surface area contributed by atoms with Gasteiger partial charge in [0.05, 0.1) is 18.8 Å². The second-order valence-electron chi connectivity index (χ2n) is 9.51. The summed E-state index contributed by atoms with van der Waals surface area (Å²) in [4.78, 5) is 0. The minimum Gasteiger partial charge on any atom is -0.395 e. The summed E-state index contributed by atoms with van der Waals surface area (Å²) in [6, 6.07) is 0. The molecule has 3 fully saturated rings. The standard InChI is InChI=1S/C22H36O3/c1-3-12-25-20-7-6-18-17-5-4-15-13-16(24)8-11-22(15,14-23)19(17)9-10-21(18,20)2/h13,16-20,23-24H,3-12,14H2,1-2H3/t16-,17-,18-,19-,20-,21-,22+/m0/s1. The predicted octanol–water partition coefficient (Wildman–Crippen LogP) is 4.08. The van der Waals surface area contributed by atoms with Crippen LogP contribution in [-0.4, -0.2) is 35.6 Å². The smallest absolute Gasteiger partial charge is 0.0724 e. The number of rotatable bonds is 4. The molecule has 0 aromatic carbocycles. The van der Waals surface area contributed by atoms with E-state index in [0.29, 0.717) is 17.4 Å². The lowest BCUT2D eigenvalue weighted by Gasteiger charge is -2.58. The van der Waals surface area contributed by atoms with Crippen LogP contribution in [0.15, 0.2) is 11.6 Å². The average Bonchev–Trinajstić information content (AvgIpc) is 2.96. The van der Waals surface area contributed by atoms with Crippen LogP contribution in [-0.2, 0) is 4.74 Å². The minimum absolute atomic E-state index is 0.0359. The Morgan fingerprint density at radius 1 is 1.12 bits per heavy atom. The van der Waals surface area contributed by atoms with Crippen molar-refractivity contribution in [3.8, 4) is 0 Å². The molecule has 7 atom stereocenters. The van der Waals surface area contributed by atoms with Gasteiger partial charge in [0, 0.05) is 12.0 Å². The fraction of sp³-hybridized carbons (Fsp3) is 0.909. The summed E-state index contributed by atoms with van der Waals surface area (Å²) in [5, 5.41) is 20.5. The van der Waals surface area contributed by atoms with Crippen molar-refractivity contribution >= 4 is 0 Å². The number of hydrogen-bond donors (Lipinski definition) is 2. The van der Waals surface area contributed by atoms with Crippen LogP contribution in [0, 0.1) is 28.6 Å². The van der Waals surface area contributed by atoms with Crippen molar-refractivity contribution in [2.45, 2.75) is 83.8 Å². The average molecular weight is 349 g/mol. The Labute approximate surface area is 152 Å². The van der Waals surface area contributed by atoms with E-state index in [1.54, 1.807) is 0 Å². The van der Waals surface area contributed by atoms with Gasteiger partial charge in [0.2, 0.25) is 0 Å². The summed E-state index contributed by atoms with van der Waals surface area (Å²) in [7, 11) is 0. The van der Waals surface area contributed by atoms with Crippen molar-refractivity contribution in [2.75, 3.05) is 13.2 Å². The molecule has 0 heterocycles. The highest BCUT2D eigenvalue weighted by Crippen LogP contribution is 2.65. The van der Waals surface area contributed by atoms with E-state index in [2.05, 4.69) is 19.9 Å². The molecule has 2 N–H and O–H groups in total.